The first-order valence-corrected chi connectivity index (χ1v) is 6.80. The molecular weight excluding hydrogens is 299 g/mol. The molecule has 0 radical (unpaired) electrons. The second-order valence-corrected chi connectivity index (χ2v) is 4.74. The van der Waals surface area contributed by atoms with Crippen LogP contribution in [0, 0.1) is 0 Å². The quantitative estimate of drug-likeness (QED) is 0.721. The number of nitrogens with one attached hydrogen (secondary N) is 2. The standard InChI is InChI=1S/C14H20F3N3O2/c1-3-6-19-11-5-4-9(14(15,16)17)7-12(11)20-13(21)10(18)8-22-2/h4-5,7,10,19H,3,6,8,18H2,1-2H3,(H,20,21). The van der Waals surface area contributed by atoms with E-state index < -0.39 is 23.7 Å². The van der Waals surface area contributed by atoms with Crippen LogP contribution in [-0.4, -0.2) is 32.2 Å². The predicted molar refractivity (Wildman–Crippen MR) is 78.7 cm³/mol. The topological polar surface area (TPSA) is 76.4 Å². The van der Waals surface area contributed by atoms with Crippen LogP contribution in [0.3, 0.4) is 0 Å². The zero-order valence-electron chi connectivity index (χ0n) is 12.5. The molecule has 0 saturated carbocycles. The minimum Gasteiger partial charge on any atom is -0.383 e. The van der Waals surface area contributed by atoms with Gasteiger partial charge in [0.2, 0.25) is 5.91 Å². The smallest absolute Gasteiger partial charge is 0.383 e. The fourth-order valence-electron chi connectivity index (χ4n) is 1.72. The average Bonchev–Trinajstić information content (AvgIpc) is 2.45. The van der Waals surface area contributed by atoms with Gasteiger partial charge in [-0.15, -0.1) is 0 Å². The van der Waals surface area contributed by atoms with Crippen LogP contribution in [0.4, 0.5) is 24.5 Å². The van der Waals surface area contributed by atoms with Crippen LogP contribution in [0.15, 0.2) is 18.2 Å². The fraction of sp³-hybridized carbons (Fsp3) is 0.500. The van der Waals surface area contributed by atoms with Gasteiger partial charge in [0.25, 0.3) is 0 Å². The van der Waals surface area contributed by atoms with E-state index in [1.807, 2.05) is 6.92 Å². The Labute approximate surface area is 127 Å². The van der Waals surface area contributed by atoms with E-state index in [0.717, 1.165) is 18.6 Å². The summed E-state index contributed by atoms with van der Waals surface area (Å²) >= 11 is 0. The number of methoxy groups -OCH3 is 1. The number of hydrogen-bond acceptors (Lipinski definition) is 4. The lowest BCUT2D eigenvalue weighted by atomic mass is 10.1. The number of ether oxygens (including phenoxy) is 1. The molecule has 0 aromatic heterocycles. The van der Waals surface area contributed by atoms with Gasteiger partial charge in [-0.3, -0.25) is 4.79 Å². The summed E-state index contributed by atoms with van der Waals surface area (Å²) in [6, 6.07) is 2.17. The molecule has 0 spiro atoms. The third-order valence-corrected chi connectivity index (χ3v) is 2.85. The van der Waals surface area contributed by atoms with Gasteiger partial charge >= 0.3 is 6.18 Å². The van der Waals surface area contributed by atoms with Gasteiger partial charge < -0.3 is 21.1 Å². The molecule has 1 amide bonds. The van der Waals surface area contributed by atoms with Crippen molar-refractivity contribution in [3.05, 3.63) is 23.8 Å². The Bertz CT molecular complexity index is 507. The summed E-state index contributed by atoms with van der Waals surface area (Å²) in [5.74, 6) is -0.610. The largest absolute Gasteiger partial charge is 0.416 e. The zero-order chi connectivity index (χ0) is 16.8. The maximum Gasteiger partial charge on any atom is 0.416 e. The summed E-state index contributed by atoms with van der Waals surface area (Å²) in [5.41, 5.74) is 5.18. The van der Waals surface area contributed by atoms with Gasteiger partial charge in [0.1, 0.15) is 6.04 Å². The van der Waals surface area contributed by atoms with Crippen molar-refractivity contribution in [1.82, 2.24) is 0 Å². The summed E-state index contributed by atoms with van der Waals surface area (Å²) in [4.78, 5) is 11.9. The molecule has 0 aliphatic rings. The van der Waals surface area contributed by atoms with Crippen molar-refractivity contribution in [2.75, 3.05) is 30.9 Å². The van der Waals surface area contributed by atoms with Gasteiger partial charge in [-0.25, -0.2) is 0 Å². The molecular formula is C14H20F3N3O2. The molecule has 0 fully saturated rings. The molecule has 1 unspecified atom stereocenters. The van der Waals surface area contributed by atoms with Crippen LogP contribution in [0.5, 0.6) is 0 Å². The summed E-state index contributed by atoms with van der Waals surface area (Å²) in [5, 5.41) is 5.37. The molecule has 1 atom stereocenters. The molecule has 0 heterocycles. The highest BCUT2D eigenvalue weighted by molar-refractivity contribution is 5.97. The van der Waals surface area contributed by atoms with E-state index >= 15 is 0 Å². The normalized spacial score (nSPS) is 12.8. The van der Waals surface area contributed by atoms with Gasteiger partial charge in [0.05, 0.1) is 23.5 Å². The van der Waals surface area contributed by atoms with Gasteiger partial charge in [-0.2, -0.15) is 13.2 Å². The van der Waals surface area contributed by atoms with E-state index in [0.29, 0.717) is 12.2 Å². The number of alkyl halides is 3. The minimum atomic E-state index is -4.49. The number of carbonyl (C=O) groups is 1. The molecule has 124 valence electrons. The second-order valence-electron chi connectivity index (χ2n) is 4.74. The maximum atomic E-state index is 12.8. The monoisotopic (exact) mass is 319 g/mol. The predicted octanol–water partition coefficient (Wildman–Crippen LogP) is 2.44. The molecule has 0 saturated heterocycles. The van der Waals surface area contributed by atoms with E-state index in [1.165, 1.54) is 13.2 Å². The highest BCUT2D eigenvalue weighted by Crippen LogP contribution is 2.34. The van der Waals surface area contributed by atoms with Crippen molar-refractivity contribution in [2.45, 2.75) is 25.6 Å². The zero-order valence-corrected chi connectivity index (χ0v) is 12.5. The Morgan fingerprint density at radius 2 is 2.05 bits per heavy atom. The highest BCUT2D eigenvalue weighted by Gasteiger charge is 2.31. The summed E-state index contributed by atoms with van der Waals surface area (Å²) < 4.78 is 43.1. The van der Waals surface area contributed by atoms with Crippen LogP contribution in [0.25, 0.3) is 0 Å². The van der Waals surface area contributed by atoms with E-state index in [1.54, 1.807) is 0 Å². The summed E-state index contributed by atoms with van der Waals surface area (Å²) in [6.45, 7) is 2.46. The summed E-state index contributed by atoms with van der Waals surface area (Å²) in [7, 11) is 1.38. The summed E-state index contributed by atoms with van der Waals surface area (Å²) in [6.07, 6.45) is -3.70. The second kappa shape index (κ2) is 8.00. The number of hydrogen-bond donors (Lipinski definition) is 3. The fourth-order valence-corrected chi connectivity index (χ4v) is 1.72. The lowest BCUT2D eigenvalue weighted by Gasteiger charge is -2.17. The lowest BCUT2D eigenvalue weighted by molar-refractivity contribution is -0.137. The molecule has 0 bridgehead atoms. The Kier molecular flexibility index (Phi) is 6.63. The van der Waals surface area contributed by atoms with E-state index in [2.05, 4.69) is 10.6 Å². The lowest BCUT2D eigenvalue weighted by Crippen LogP contribution is -2.39. The number of carbonyl (C=O) groups excluding carboxylic acids is 1. The number of rotatable bonds is 7. The van der Waals surface area contributed by atoms with Crippen molar-refractivity contribution < 1.29 is 22.7 Å². The van der Waals surface area contributed by atoms with Crippen molar-refractivity contribution in [1.29, 1.82) is 0 Å². The molecule has 1 aromatic carbocycles. The first-order valence-electron chi connectivity index (χ1n) is 6.80. The third kappa shape index (κ3) is 5.19. The molecule has 0 aliphatic carbocycles. The Hall–Kier alpha value is -1.80. The molecule has 5 nitrogen and oxygen atoms in total. The van der Waals surface area contributed by atoms with E-state index in [4.69, 9.17) is 10.5 Å². The van der Waals surface area contributed by atoms with Gasteiger partial charge in [0.15, 0.2) is 0 Å². The SMILES string of the molecule is CCCNc1ccc(C(F)(F)F)cc1NC(=O)C(N)COC. The van der Waals surface area contributed by atoms with Crippen LogP contribution in [0.2, 0.25) is 0 Å². The Morgan fingerprint density at radius 3 is 2.59 bits per heavy atom. The third-order valence-electron chi connectivity index (χ3n) is 2.85. The number of amides is 1. The first-order chi connectivity index (χ1) is 10.3. The number of halogens is 3. The van der Waals surface area contributed by atoms with Crippen LogP contribution >= 0.6 is 0 Å². The minimum absolute atomic E-state index is 0.0253. The van der Waals surface area contributed by atoms with Gasteiger partial charge in [0, 0.05) is 13.7 Å². The molecule has 8 heteroatoms. The van der Waals surface area contributed by atoms with E-state index in [9.17, 15) is 18.0 Å². The number of benzene rings is 1. The highest BCUT2D eigenvalue weighted by atomic mass is 19.4. The van der Waals surface area contributed by atoms with Crippen molar-refractivity contribution in [3.63, 3.8) is 0 Å². The van der Waals surface area contributed by atoms with Crippen molar-refractivity contribution in [3.8, 4) is 0 Å². The van der Waals surface area contributed by atoms with Crippen LogP contribution in [-0.2, 0) is 15.7 Å². The van der Waals surface area contributed by atoms with Crippen LogP contribution in [0.1, 0.15) is 18.9 Å². The molecule has 1 rings (SSSR count). The molecule has 4 N–H and O–H groups in total. The molecule has 0 aliphatic heterocycles. The van der Waals surface area contributed by atoms with Crippen LogP contribution < -0.4 is 16.4 Å². The number of anilines is 2. The van der Waals surface area contributed by atoms with Gasteiger partial charge in [-0.1, -0.05) is 6.92 Å². The van der Waals surface area contributed by atoms with Gasteiger partial charge in [-0.05, 0) is 24.6 Å². The maximum absolute atomic E-state index is 12.8. The number of nitrogens with two attached hydrogens (primary N) is 1. The van der Waals surface area contributed by atoms with Crippen molar-refractivity contribution in [2.24, 2.45) is 5.73 Å². The Morgan fingerprint density at radius 1 is 1.36 bits per heavy atom. The van der Waals surface area contributed by atoms with Crippen molar-refractivity contribution >= 4 is 17.3 Å². The Balaban J connectivity index is 3.03. The first kappa shape index (κ1) is 18.2. The molecule has 22 heavy (non-hydrogen) atoms. The molecule has 1 aromatic rings. The van der Waals surface area contributed by atoms with E-state index in [-0.39, 0.29) is 12.3 Å². The average molecular weight is 319 g/mol.